The molecule has 0 aliphatic heterocycles. The molecule has 0 aliphatic rings. The number of halogens is 1. The second kappa shape index (κ2) is 5.59. The minimum Gasteiger partial charge on any atom is -0.389 e. The van der Waals surface area contributed by atoms with Gasteiger partial charge in [0.15, 0.2) is 0 Å². The fraction of sp³-hybridized carbons (Fsp3) is 0.133. The quantitative estimate of drug-likeness (QED) is 0.826. The molecule has 0 saturated heterocycles. The van der Waals surface area contributed by atoms with Gasteiger partial charge in [-0.15, -0.1) is 0 Å². The summed E-state index contributed by atoms with van der Waals surface area (Å²) >= 11 is 11.1. The van der Waals surface area contributed by atoms with E-state index in [2.05, 4.69) is 31.3 Å². The molecule has 0 saturated carbocycles. The van der Waals surface area contributed by atoms with Crippen LogP contribution >= 0.6 is 23.8 Å². The van der Waals surface area contributed by atoms with Gasteiger partial charge in [-0.1, -0.05) is 42.0 Å². The molecule has 19 heavy (non-hydrogen) atoms. The Labute approximate surface area is 123 Å². The van der Waals surface area contributed by atoms with E-state index in [-0.39, 0.29) is 0 Å². The van der Waals surface area contributed by atoms with Gasteiger partial charge in [0.25, 0.3) is 0 Å². The van der Waals surface area contributed by atoms with Crippen LogP contribution < -0.4 is 11.1 Å². The number of para-hydroxylation sites is 1. The maximum atomic E-state index is 6.04. The highest BCUT2D eigenvalue weighted by Crippen LogP contribution is 2.28. The second-order valence-electron chi connectivity index (χ2n) is 4.45. The Morgan fingerprint density at radius 2 is 1.79 bits per heavy atom. The van der Waals surface area contributed by atoms with E-state index in [9.17, 15) is 0 Å². The Balaban J connectivity index is 2.49. The molecule has 0 fully saturated rings. The van der Waals surface area contributed by atoms with Crippen LogP contribution in [0.3, 0.4) is 0 Å². The molecule has 3 N–H and O–H groups in total. The molecule has 2 rings (SSSR count). The van der Waals surface area contributed by atoms with Crippen LogP contribution in [0.4, 0.5) is 11.4 Å². The van der Waals surface area contributed by atoms with Crippen molar-refractivity contribution in [1.29, 1.82) is 0 Å². The molecular weight excluding hydrogens is 276 g/mol. The summed E-state index contributed by atoms with van der Waals surface area (Å²) in [6.07, 6.45) is 0. The van der Waals surface area contributed by atoms with E-state index in [1.807, 2.05) is 18.2 Å². The molecule has 2 aromatic carbocycles. The summed E-state index contributed by atoms with van der Waals surface area (Å²) in [5.74, 6) is 0. The Morgan fingerprint density at radius 1 is 1.16 bits per heavy atom. The van der Waals surface area contributed by atoms with E-state index < -0.39 is 0 Å². The lowest BCUT2D eigenvalue weighted by molar-refractivity contribution is 1.36. The first-order valence-corrected chi connectivity index (χ1v) is 6.70. The molecule has 2 nitrogen and oxygen atoms in total. The van der Waals surface area contributed by atoms with Gasteiger partial charge in [-0.2, -0.15) is 0 Å². The van der Waals surface area contributed by atoms with Gasteiger partial charge in [-0.3, -0.25) is 0 Å². The standard InChI is InChI=1S/C15H15ClN2S/c1-9-4-3-5-10(2)14(9)18-13-8-11(16)6-7-12(13)15(17)19/h3-8,18H,1-2H3,(H2,17,19). The third-order valence-electron chi connectivity index (χ3n) is 2.99. The number of hydrogen-bond donors (Lipinski definition) is 2. The summed E-state index contributed by atoms with van der Waals surface area (Å²) in [6.45, 7) is 4.11. The summed E-state index contributed by atoms with van der Waals surface area (Å²) in [7, 11) is 0. The van der Waals surface area contributed by atoms with Crippen molar-refractivity contribution in [1.82, 2.24) is 0 Å². The number of thiocarbonyl (C=S) groups is 1. The van der Waals surface area contributed by atoms with Crippen molar-refractivity contribution in [3.05, 3.63) is 58.1 Å². The van der Waals surface area contributed by atoms with Gasteiger partial charge in [0.1, 0.15) is 4.99 Å². The van der Waals surface area contributed by atoms with E-state index in [0.717, 1.165) is 28.1 Å². The van der Waals surface area contributed by atoms with Crippen LogP contribution in [0.1, 0.15) is 16.7 Å². The van der Waals surface area contributed by atoms with Crippen LogP contribution in [0.2, 0.25) is 5.02 Å². The van der Waals surface area contributed by atoms with Gasteiger partial charge in [-0.25, -0.2) is 0 Å². The van der Waals surface area contributed by atoms with E-state index in [1.165, 1.54) is 0 Å². The number of anilines is 2. The summed E-state index contributed by atoms with van der Waals surface area (Å²) in [5, 5.41) is 4.03. The van der Waals surface area contributed by atoms with Crippen molar-refractivity contribution in [2.75, 3.05) is 5.32 Å². The van der Waals surface area contributed by atoms with E-state index in [1.54, 1.807) is 6.07 Å². The van der Waals surface area contributed by atoms with E-state index in [4.69, 9.17) is 29.6 Å². The molecule has 0 bridgehead atoms. The first-order valence-electron chi connectivity index (χ1n) is 5.91. The van der Waals surface area contributed by atoms with Gasteiger partial charge in [-0.05, 0) is 43.2 Å². The molecule has 0 heterocycles. The summed E-state index contributed by atoms with van der Waals surface area (Å²) in [5.41, 5.74) is 10.7. The monoisotopic (exact) mass is 290 g/mol. The molecule has 4 heteroatoms. The molecule has 0 amide bonds. The van der Waals surface area contributed by atoms with Crippen molar-refractivity contribution in [2.45, 2.75) is 13.8 Å². The van der Waals surface area contributed by atoms with Crippen LogP contribution in [0.5, 0.6) is 0 Å². The summed E-state index contributed by atoms with van der Waals surface area (Å²) in [4.78, 5) is 0.352. The molecule has 2 aromatic rings. The second-order valence-corrected chi connectivity index (χ2v) is 5.32. The number of nitrogens with two attached hydrogens (primary N) is 1. The van der Waals surface area contributed by atoms with Crippen molar-refractivity contribution in [2.24, 2.45) is 5.73 Å². The summed E-state index contributed by atoms with van der Waals surface area (Å²) in [6, 6.07) is 11.6. The fourth-order valence-electron chi connectivity index (χ4n) is 1.98. The highest BCUT2D eigenvalue weighted by atomic mass is 35.5. The third kappa shape index (κ3) is 3.06. The lowest BCUT2D eigenvalue weighted by Gasteiger charge is -2.15. The minimum atomic E-state index is 0.352. The molecule has 0 spiro atoms. The number of nitrogens with one attached hydrogen (secondary N) is 1. The third-order valence-corrected chi connectivity index (χ3v) is 3.44. The van der Waals surface area contributed by atoms with Gasteiger partial charge < -0.3 is 11.1 Å². The molecule has 0 unspecified atom stereocenters. The predicted octanol–water partition coefficient (Wildman–Crippen LogP) is 4.33. The Hall–Kier alpha value is -1.58. The van der Waals surface area contributed by atoms with Crippen LogP contribution in [-0.2, 0) is 0 Å². The van der Waals surface area contributed by atoms with Crippen LogP contribution in [0, 0.1) is 13.8 Å². The zero-order valence-corrected chi connectivity index (χ0v) is 12.4. The molecule has 0 radical (unpaired) electrons. The zero-order chi connectivity index (χ0) is 14.0. The van der Waals surface area contributed by atoms with Crippen molar-refractivity contribution < 1.29 is 0 Å². The lowest BCUT2D eigenvalue weighted by atomic mass is 10.1. The zero-order valence-electron chi connectivity index (χ0n) is 10.8. The number of aryl methyl sites for hydroxylation is 2. The first-order chi connectivity index (χ1) is 8.99. The molecular formula is C15H15ClN2S. The average molecular weight is 291 g/mol. The Bertz CT molecular complexity index is 618. The molecule has 0 aromatic heterocycles. The van der Waals surface area contributed by atoms with Crippen LogP contribution in [-0.4, -0.2) is 4.99 Å². The van der Waals surface area contributed by atoms with Gasteiger partial charge in [0.05, 0.1) is 5.69 Å². The molecule has 0 aliphatic carbocycles. The van der Waals surface area contributed by atoms with Crippen molar-refractivity contribution >= 4 is 40.2 Å². The predicted molar refractivity (Wildman–Crippen MR) is 86.5 cm³/mol. The maximum absolute atomic E-state index is 6.04. The topological polar surface area (TPSA) is 38.0 Å². The van der Waals surface area contributed by atoms with E-state index in [0.29, 0.717) is 10.0 Å². The molecule has 0 atom stereocenters. The largest absolute Gasteiger partial charge is 0.389 e. The number of benzene rings is 2. The number of hydrogen-bond acceptors (Lipinski definition) is 2. The lowest BCUT2D eigenvalue weighted by Crippen LogP contribution is -2.12. The van der Waals surface area contributed by atoms with Crippen LogP contribution in [0.15, 0.2) is 36.4 Å². The fourth-order valence-corrected chi connectivity index (χ4v) is 2.33. The van der Waals surface area contributed by atoms with Gasteiger partial charge in [0.2, 0.25) is 0 Å². The van der Waals surface area contributed by atoms with Gasteiger partial charge >= 0.3 is 0 Å². The van der Waals surface area contributed by atoms with Gasteiger partial charge in [0, 0.05) is 16.3 Å². The molecule has 98 valence electrons. The average Bonchev–Trinajstić information content (AvgIpc) is 2.33. The normalized spacial score (nSPS) is 10.3. The highest BCUT2D eigenvalue weighted by Gasteiger charge is 2.09. The highest BCUT2D eigenvalue weighted by molar-refractivity contribution is 7.80. The Kier molecular flexibility index (Phi) is 4.08. The smallest absolute Gasteiger partial charge is 0.106 e. The first kappa shape index (κ1) is 13.8. The minimum absolute atomic E-state index is 0.352. The van der Waals surface area contributed by atoms with Crippen molar-refractivity contribution in [3.8, 4) is 0 Å². The Morgan fingerprint density at radius 3 is 2.37 bits per heavy atom. The maximum Gasteiger partial charge on any atom is 0.106 e. The van der Waals surface area contributed by atoms with E-state index >= 15 is 0 Å². The number of rotatable bonds is 3. The van der Waals surface area contributed by atoms with Crippen LogP contribution in [0.25, 0.3) is 0 Å². The van der Waals surface area contributed by atoms with Crippen molar-refractivity contribution in [3.63, 3.8) is 0 Å². The summed E-state index contributed by atoms with van der Waals surface area (Å²) < 4.78 is 0. The SMILES string of the molecule is Cc1cccc(C)c1Nc1cc(Cl)ccc1C(N)=S.